The van der Waals surface area contributed by atoms with Gasteiger partial charge in [0.05, 0.1) is 0 Å². The Balaban J connectivity index is 2.05. The molecular weight excluding hydrogens is 304 g/mol. The number of ketones is 1. The minimum Gasteiger partial charge on any atom is -0.396 e. The largest absolute Gasteiger partial charge is 0.396 e. The van der Waals surface area contributed by atoms with Gasteiger partial charge in [0.1, 0.15) is 0 Å². The van der Waals surface area contributed by atoms with Gasteiger partial charge in [0, 0.05) is 29.5 Å². The number of anilines is 1. The number of aliphatic hydroxyl groups excluding tert-OH is 1. The normalized spacial score (nSPS) is 11.6. The summed E-state index contributed by atoms with van der Waals surface area (Å²) in [5, 5.41) is 14.5. The van der Waals surface area contributed by atoms with Crippen molar-refractivity contribution in [3.05, 3.63) is 65.7 Å². The van der Waals surface area contributed by atoms with Gasteiger partial charge in [0.2, 0.25) is 0 Å². The third-order valence-electron chi connectivity index (χ3n) is 3.72. The third-order valence-corrected chi connectivity index (χ3v) is 3.72. The average Bonchev–Trinajstić information content (AvgIpc) is 2.61. The molecule has 1 atom stereocenters. The molecule has 2 amide bonds. The molecule has 0 aliphatic carbocycles. The van der Waals surface area contributed by atoms with E-state index in [-0.39, 0.29) is 24.5 Å². The van der Waals surface area contributed by atoms with Gasteiger partial charge in [0.25, 0.3) is 0 Å². The highest BCUT2D eigenvalue weighted by molar-refractivity contribution is 6.09. The van der Waals surface area contributed by atoms with Gasteiger partial charge in [-0.15, -0.1) is 0 Å². The first-order chi connectivity index (χ1) is 11.6. The molecule has 0 aliphatic heterocycles. The third kappa shape index (κ3) is 4.93. The molecule has 5 heteroatoms. The van der Waals surface area contributed by atoms with Crippen molar-refractivity contribution in [2.24, 2.45) is 0 Å². The second kappa shape index (κ2) is 8.84. The molecule has 126 valence electrons. The molecule has 0 saturated carbocycles. The van der Waals surface area contributed by atoms with E-state index in [1.807, 2.05) is 25.1 Å². The summed E-state index contributed by atoms with van der Waals surface area (Å²) < 4.78 is 0. The molecule has 0 aliphatic rings. The number of amides is 2. The van der Waals surface area contributed by atoms with Gasteiger partial charge in [0.15, 0.2) is 5.78 Å². The van der Waals surface area contributed by atoms with E-state index < -0.39 is 0 Å². The molecule has 0 heterocycles. The first-order valence-corrected chi connectivity index (χ1v) is 8.02. The van der Waals surface area contributed by atoms with Gasteiger partial charge in [-0.05, 0) is 25.0 Å². The number of benzene rings is 2. The second-order valence-corrected chi connectivity index (χ2v) is 5.49. The van der Waals surface area contributed by atoms with Crippen LogP contribution in [-0.4, -0.2) is 29.6 Å². The lowest BCUT2D eigenvalue weighted by Crippen LogP contribution is -2.38. The fourth-order valence-corrected chi connectivity index (χ4v) is 2.38. The molecule has 2 rings (SSSR count). The molecule has 1 unspecified atom stereocenters. The van der Waals surface area contributed by atoms with E-state index in [0.29, 0.717) is 23.2 Å². The lowest BCUT2D eigenvalue weighted by atomic mass is 10.0. The Morgan fingerprint density at radius 2 is 1.75 bits per heavy atom. The van der Waals surface area contributed by atoms with Crippen LogP contribution in [0.15, 0.2) is 54.6 Å². The van der Waals surface area contributed by atoms with Gasteiger partial charge >= 0.3 is 6.03 Å². The van der Waals surface area contributed by atoms with Crippen LogP contribution in [0.3, 0.4) is 0 Å². The first-order valence-electron chi connectivity index (χ1n) is 8.02. The summed E-state index contributed by atoms with van der Waals surface area (Å²) in [5.74, 6) is -0.0913. The SMILES string of the molecule is CCC(CCO)NC(=O)Nc1cccc(C(=O)c2ccccc2)c1. The van der Waals surface area contributed by atoms with Crippen LogP contribution in [0.4, 0.5) is 10.5 Å². The van der Waals surface area contributed by atoms with Crippen molar-refractivity contribution in [3.8, 4) is 0 Å². The molecule has 2 aromatic rings. The Morgan fingerprint density at radius 1 is 1.04 bits per heavy atom. The van der Waals surface area contributed by atoms with E-state index in [9.17, 15) is 9.59 Å². The smallest absolute Gasteiger partial charge is 0.319 e. The highest BCUT2D eigenvalue weighted by atomic mass is 16.3. The molecule has 0 saturated heterocycles. The van der Waals surface area contributed by atoms with Crippen molar-refractivity contribution in [3.63, 3.8) is 0 Å². The number of urea groups is 1. The predicted molar refractivity (Wildman–Crippen MR) is 94.3 cm³/mol. The molecule has 0 aromatic heterocycles. The van der Waals surface area contributed by atoms with Crippen molar-refractivity contribution in [2.75, 3.05) is 11.9 Å². The standard InChI is InChI=1S/C19H22N2O3/c1-2-16(11-12-22)20-19(24)21-17-10-6-9-15(13-17)18(23)14-7-4-3-5-8-14/h3-10,13,16,22H,2,11-12H2,1H3,(H2,20,21,24). The highest BCUT2D eigenvalue weighted by Gasteiger charge is 2.12. The minimum atomic E-state index is -0.348. The maximum Gasteiger partial charge on any atom is 0.319 e. The Labute approximate surface area is 141 Å². The topological polar surface area (TPSA) is 78.4 Å². The Bertz CT molecular complexity index is 686. The number of carbonyl (C=O) groups excluding carboxylic acids is 2. The van der Waals surface area contributed by atoms with Gasteiger partial charge in [-0.25, -0.2) is 4.79 Å². The molecule has 0 bridgehead atoms. The molecule has 0 fully saturated rings. The number of hydrogen-bond donors (Lipinski definition) is 3. The van der Waals surface area contributed by atoms with Crippen LogP contribution in [0.1, 0.15) is 35.7 Å². The van der Waals surface area contributed by atoms with E-state index in [0.717, 1.165) is 6.42 Å². The van der Waals surface area contributed by atoms with E-state index in [1.54, 1.807) is 36.4 Å². The van der Waals surface area contributed by atoms with Crippen molar-refractivity contribution >= 4 is 17.5 Å². The summed E-state index contributed by atoms with van der Waals surface area (Å²) in [7, 11) is 0. The second-order valence-electron chi connectivity index (χ2n) is 5.49. The van der Waals surface area contributed by atoms with Gasteiger partial charge < -0.3 is 15.7 Å². The van der Waals surface area contributed by atoms with E-state index in [1.165, 1.54) is 0 Å². The number of carbonyl (C=O) groups is 2. The van der Waals surface area contributed by atoms with Crippen LogP contribution in [0, 0.1) is 0 Å². The molecule has 2 aromatic carbocycles. The fraction of sp³-hybridized carbons (Fsp3) is 0.263. The maximum absolute atomic E-state index is 12.4. The monoisotopic (exact) mass is 326 g/mol. The summed E-state index contributed by atoms with van der Waals surface area (Å²) in [6.45, 7) is 1.97. The molecule has 24 heavy (non-hydrogen) atoms. The van der Waals surface area contributed by atoms with E-state index >= 15 is 0 Å². The lowest BCUT2D eigenvalue weighted by Gasteiger charge is -2.16. The number of hydrogen-bond acceptors (Lipinski definition) is 3. The van der Waals surface area contributed by atoms with Gasteiger partial charge in [-0.1, -0.05) is 49.4 Å². The zero-order valence-corrected chi connectivity index (χ0v) is 13.7. The average molecular weight is 326 g/mol. The molecule has 5 nitrogen and oxygen atoms in total. The van der Waals surface area contributed by atoms with Crippen LogP contribution in [0.2, 0.25) is 0 Å². The lowest BCUT2D eigenvalue weighted by molar-refractivity contribution is 0.103. The highest BCUT2D eigenvalue weighted by Crippen LogP contribution is 2.15. The van der Waals surface area contributed by atoms with Crippen LogP contribution >= 0.6 is 0 Å². The van der Waals surface area contributed by atoms with Crippen molar-refractivity contribution in [1.82, 2.24) is 5.32 Å². The predicted octanol–water partition coefficient (Wildman–Crippen LogP) is 3.20. The van der Waals surface area contributed by atoms with E-state index in [2.05, 4.69) is 10.6 Å². The molecule has 0 spiro atoms. The molecular formula is C19H22N2O3. The number of nitrogens with one attached hydrogen (secondary N) is 2. The van der Waals surface area contributed by atoms with Crippen LogP contribution in [0.25, 0.3) is 0 Å². The Kier molecular flexibility index (Phi) is 6.51. The Morgan fingerprint density at radius 3 is 2.42 bits per heavy atom. The van der Waals surface area contributed by atoms with Crippen molar-refractivity contribution in [1.29, 1.82) is 0 Å². The van der Waals surface area contributed by atoms with Crippen molar-refractivity contribution < 1.29 is 14.7 Å². The van der Waals surface area contributed by atoms with Crippen LogP contribution < -0.4 is 10.6 Å². The van der Waals surface area contributed by atoms with E-state index in [4.69, 9.17) is 5.11 Å². The number of aliphatic hydroxyl groups is 1. The summed E-state index contributed by atoms with van der Waals surface area (Å²) in [6.07, 6.45) is 1.25. The first kappa shape index (κ1) is 17.7. The zero-order chi connectivity index (χ0) is 17.4. The maximum atomic E-state index is 12.4. The fourth-order valence-electron chi connectivity index (χ4n) is 2.38. The molecule has 3 N–H and O–H groups in total. The summed E-state index contributed by atoms with van der Waals surface area (Å²) in [6, 6.07) is 15.4. The van der Waals surface area contributed by atoms with Gasteiger partial charge in [-0.3, -0.25) is 4.79 Å². The van der Waals surface area contributed by atoms with Crippen LogP contribution in [-0.2, 0) is 0 Å². The minimum absolute atomic E-state index is 0.0276. The quantitative estimate of drug-likeness (QED) is 0.684. The number of rotatable bonds is 7. The summed E-state index contributed by atoms with van der Waals surface area (Å²) in [4.78, 5) is 24.5. The summed E-state index contributed by atoms with van der Waals surface area (Å²) in [5.41, 5.74) is 1.67. The summed E-state index contributed by atoms with van der Waals surface area (Å²) >= 11 is 0. The van der Waals surface area contributed by atoms with Crippen molar-refractivity contribution in [2.45, 2.75) is 25.8 Å². The van der Waals surface area contributed by atoms with Gasteiger partial charge in [-0.2, -0.15) is 0 Å². The van der Waals surface area contributed by atoms with Crippen LogP contribution in [0.5, 0.6) is 0 Å². The zero-order valence-electron chi connectivity index (χ0n) is 13.7. The Hall–Kier alpha value is -2.66. The molecule has 0 radical (unpaired) electrons.